The van der Waals surface area contributed by atoms with Gasteiger partial charge in [0.25, 0.3) is 0 Å². The first-order chi connectivity index (χ1) is 11.4. The minimum absolute atomic E-state index is 0.0296. The molecule has 128 valence electrons. The molecule has 0 aliphatic heterocycles. The van der Waals surface area contributed by atoms with Crippen molar-refractivity contribution in [2.45, 2.75) is 58.5 Å². The predicted molar refractivity (Wildman–Crippen MR) is 94.5 cm³/mol. The fourth-order valence-corrected chi connectivity index (χ4v) is 3.42. The van der Waals surface area contributed by atoms with Crippen molar-refractivity contribution in [3.63, 3.8) is 0 Å². The number of nitrogens with zero attached hydrogens (tertiary/aromatic N) is 2. The van der Waals surface area contributed by atoms with Crippen LogP contribution in [0.25, 0.3) is 11.0 Å². The highest BCUT2D eigenvalue weighted by molar-refractivity contribution is 5.74. The van der Waals surface area contributed by atoms with E-state index in [1.807, 2.05) is 32.9 Å². The van der Waals surface area contributed by atoms with Gasteiger partial charge in [-0.1, -0.05) is 0 Å². The maximum absolute atomic E-state index is 12.2. The summed E-state index contributed by atoms with van der Waals surface area (Å²) in [5.74, 6) is 0.627. The van der Waals surface area contributed by atoms with Gasteiger partial charge >= 0.3 is 5.97 Å². The molecule has 2 atom stereocenters. The van der Waals surface area contributed by atoms with Crippen LogP contribution in [0.2, 0.25) is 0 Å². The van der Waals surface area contributed by atoms with E-state index in [-0.39, 0.29) is 11.9 Å². The van der Waals surface area contributed by atoms with Crippen molar-refractivity contribution in [3.8, 4) is 0 Å². The van der Waals surface area contributed by atoms with Crippen molar-refractivity contribution in [2.75, 3.05) is 0 Å². The molecule has 0 amide bonds. The number of ether oxygens (including phenoxy) is 1. The summed E-state index contributed by atoms with van der Waals surface area (Å²) in [5.41, 5.74) is 1.51. The van der Waals surface area contributed by atoms with E-state index >= 15 is 0 Å². The highest BCUT2D eigenvalue weighted by atomic mass is 16.6. The molecule has 2 heterocycles. The summed E-state index contributed by atoms with van der Waals surface area (Å²) in [6.07, 6.45) is 6.80. The SMILES string of the molecule is CC(C)(C)OC(=O)C1CCC(CCc2ccc3cccnc3n2)C1. The Kier molecular flexibility index (Phi) is 4.83. The third-order valence-corrected chi connectivity index (χ3v) is 4.61. The Morgan fingerprint density at radius 2 is 2.08 bits per heavy atom. The standard InChI is InChI=1S/C20H26N2O2/c1-20(2,3)24-19(23)16-8-6-14(13-16)7-10-17-11-9-15-5-4-12-21-18(15)22-17/h4-5,9,11-12,14,16H,6-8,10,13H2,1-3H3. The first-order valence-corrected chi connectivity index (χ1v) is 8.84. The van der Waals surface area contributed by atoms with Gasteiger partial charge in [-0.05, 0) is 83.1 Å². The number of aromatic nitrogens is 2. The molecule has 24 heavy (non-hydrogen) atoms. The smallest absolute Gasteiger partial charge is 0.309 e. The largest absolute Gasteiger partial charge is 0.460 e. The Morgan fingerprint density at radius 1 is 1.25 bits per heavy atom. The van der Waals surface area contributed by atoms with Crippen molar-refractivity contribution in [3.05, 3.63) is 36.2 Å². The van der Waals surface area contributed by atoms with E-state index in [0.29, 0.717) is 5.92 Å². The zero-order valence-electron chi connectivity index (χ0n) is 14.8. The average molecular weight is 326 g/mol. The molecular weight excluding hydrogens is 300 g/mol. The third kappa shape index (κ3) is 4.31. The monoisotopic (exact) mass is 326 g/mol. The molecule has 0 radical (unpaired) electrons. The van der Waals surface area contributed by atoms with E-state index in [0.717, 1.165) is 48.8 Å². The molecule has 3 rings (SSSR count). The molecule has 4 heteroatoms. The molecule has 0 spiro atoms. The average Bonchev–Trinajstić information content (AvgIpc) is 3.00. The topological polar surface area (TPSA) is 52.1 Å². The summed E-state index contributed by atoms with van der Waals surface area (Å²) in [4.78, 5) is 21.1. The Labute approximate surface area is 143 Å². The zero-order chi connectivity index (χ0) is 17.2. The molecule has 0 bridgehead atoms. The highest BCUT2D eigenvalue weighted by Crippen LogP contribution is 2.35. The van der Waals surface area contributed by atoms with Gasteiger partial charge in [-0.15, -0.1) is 0 Å². The maximum atomic E-state index is 12.2. The summed E-state index contributed by atoms with van der Waals surface area (Å²) >= 11 is 0. The molecule has 4 nitrogen and oxygen atoms in total. The van der Waals surface area contributed by atoms with Gasteiger partial charge in [0.1, 0.15) is 5.60 Å². The second-order valence-electron chi connectivity index (χ2n) is 7.80. The van der Waals surface area contributed by atoms with Crippen LogP contribution in [0.5, 0.6) is 0 Å². The van der Waals surface area contributed by atoms with E-state index < -0.39 is 5.60 Å². The number of aryl methyl sites for hydroxylation is 1. The lowest BCUT2D eigenvalue weighted by molar-refractivity contribution is -0.159. The number of carbonyl (C=O) groups is 1. The number of esters is 1. The molecule has 2 unspecified atom stereocenters. The lowest BCUT2D eigenvalue weighted by atomic mass is 9.98. The van der Waals surface area contributed by atoms with Crippen LogP contribution in [0, 0.1) is 11.8 Å². The van der Waals surface area contributed by atoms with Crippen molar-refractivity contribution in [1.82, 2.24) is 9.97 Å². The normalized spacial score (nSPS) is 21.1. The van der Waals surface area contributed by atoms with Crippen molar-refractivity contribution in [1.29, 1.82) is 0 Å². The Hall–Kier alpha value is -1.97. The molecule has 2 aromatic heterocycles. The lowest BCUT2D eigenvalue weighted by Gasteiger charge is -2.22. The minimum Gasteiger partial charge on any atom is -0.460 e. The minimum atomic E-state index is -0.392. The van der Waals surface area contributed by atoms with Gasteiger partial charge in [-0.2, -0.15) is 0 Å². The van der Waals surface area contributed by atoms with Gasteiger partial charge in [-0.25, -0.2) is 9.97 Å². The van der Waals surface area contributed by atoms with E-state index in [4.69, 9.17) is 4.74 Å². The quantitative estimate of drug-likeness (QED) is 0.785. The van der Waals surface area contributed by atoms with Gasteiger partial charge < -0.3 is 4.74 Å². The van der Waals surface area contributed by atoms with Crippen LogP contribution in [0.4, 0.5) is 0 Å². The Balaban J connectivity index is 1.53. The van der Waals surface area contributed by atoms with Gasteiger partial charge in [0.2, 0.25) is 0 Å². The number of carbonyl (C=O) groups excluding carboxylic acids is 1. The van der Waals surface area contributed by atoms with Crippen molar-refractivity contribution >= 4 is 17.0 Å². The summed E-state index contributed by atoms with van der Waals surface area (Å²) in [6, 6.07) is 8.13. The number of hydrogen-bond donors (Lipinski definition) is 0. The molecule has 1 aliphatic rings. The van der Waals surface area contributed by atoms with E-state index in [1.165, 1.54) is 0 Å². The summed E-state index contributed by atoms with van der Waals surface area (Å²) < 4.78 is 5.52. The summed E-state index contributed by atoms with van der Waals surface area (Å²) in [5, 5.41) is 1.08. The predicted octanol–water partition coefficient (Wildman–Crippen LogP) is 4.32. The zero-order valence-corrected chi connectivity index (χ0v) is 14.8. The summed E-state index contributed by atoms with van der Waals surface area (Å²) in [6.45, 7) is 5.78. The number of hydrogen-bond acceptors (Lipinski definition) is 4. The van der Waals surface area contributed by atoms with Crippen LogP contribution >= 0.6 is 0 Å². The lowest BCUT2D eigenvalue weighted by Crippen LogP contribution is -2.27. The molecule has 1 aliphatic carbocycles. The van der Waals surface area contributed by atoms with E-state index in [1.54, 1.807) is 6.20 Å². The number of rotatable bonds is 4. The van der Waals surface area contributed by atoms with Crippen molar-refractivity contribution in [2.24, 2.45) is 11.8 Å². The van der Waals surface area contributed by atoms with Crippen LogP contribution < -0.4 is 0 Å². The molecule has 2 aromatic rings. The van der Waals surface area contributed by atoms with Gasteiger partial charge in [0.05, 0.1) is 5.92 Å². The first kappa shape index (κ1) is 16.9. The Morgan fingerprint density at radius 3 is 2.88 bits per heavy atom. The van der Waals surface area contributed by atoms with Gasteiger partial charge in [-0.3, -0.25) is 4.79 Å². The third-order valence-electron chi connectivity index (χ3n) is 4.61. The van der Waals surface area contributed by atoms with Crippen LogP contribution in [0.3, 0.4) is 0 Å². The molecule has 1 saturated carbocycles. The Bertz CT molecular complexity index is 721. The van der Waals surface area contributed by atoms with Crippen LogP contribution in [0.1, 0.15) is 52.1 Å². The van der Waals surface area contributed by atoms with Crippen LogP contribution in [-0.2, 0) is 16.0 Å². The maximum Gasteiger partial charge on any atom is 0.309 e. The highest BCUT2D eigenvalue weighted by Gasteiger charge is 2.32. The molecule has 1 fully saturated rings. The van der Waals surface area contributed by atoms with Crippen LogP contribution in [0.15, 0.2) is 30.5 Å². The summed E-state index contributed by atoms with van der Waals surface area (Å²) in [7, 11) is 0. The first-order valence-electron chi connectivity index (χ1n) is 8.84. The number of fused-ring (bicyclic) bond motifs is 1. The fraction of sp³-hybridized carbons (Fsp3) is 0.550. The van der Waals surface area contributed by atoms with Crippen molar-refractivity contribution < 1.29 is 9.53 Å². The van der Waals surface area contributed by atoms with E-state index in [2.05, 4.69) is 22.1 Å². The second-order valence-corrected chi connectivity index (χ2v) is 7.80. The second kappa shape index (κ2) is 6.88. The van der Waals surface area contributed by atoms with Gasteiger partial charge in [0.15, 0.2) is 5.65 Å². The molecular formula is C20H26N2O2. The van der Waals surface area contributed by atoms with Crippen LogP contribution in [-0.4, -0.2) is 21.5 Å². The van der Waals surface area contributed by atoms with Gasteiger partial charge in [0, 0.05) is 17.3 Å². The molecule has 0 aromatic carbocycles. The fourth-order valence-electron chi connectivity index (χ4n) is 3.42. The van der Waals surface area contributed by atoms with E-state index in [9.17, 15) is 4.79 Å². The number of pyridine rings is 2. The molecule has 0 N–H and O–H groups in total. The molecule has 0 saturated heterocycles.